The Hall–Kier alpha value is -1.32. The largest absolute Gasteiger partial charge is 0.481 e. The van der Waals surface area contributed by atoms with E-state index < -0.39 is 11.4 Å². The van der Waals surface area contributed by atoms with Crippen LogP contribution in [-0.4, -0.2) is 16.2 Å². The first-order chi connectivity index (χ1) is 7.62. The molecule has 1 N–H and O–H groups in total. The van der Waals surface area contributed by atoms with E-state index >= 15 is 0 Å². The Morgan fingerprint density at radius 3 is 2.81 bits per heavy atom. The fourth-order valence-electron chi connectivity index (χ4n) is 2.49. The van der Waals surface area contributed by atoms with Crippen molar-refractivity contribution >= 4 is 5.97 Å². The van der Waals surface area contributed by atoms with Gasteiger partial charge in [-0.15, -0.1) is 0 Å². The summed E-state index contributed by atoms with van der Waals surface area (Å²) in [4.78, 5) is 11.5. The van der Waals surface area contributed by atoms with E-state index in [1.807, 2.05) is 0 Å². The molecule has 0 spiro atoms. The van der Waals surface area contributed by atoms with Crippen molar-refractivity contribution in [2.24, 2.45) is 11.3 Å². The molecule has 4 nitrogen and oxygen atoms in total. The summed E-state index contributed by atoms with van der Waals surface area (Å²) in [7, 11) is 0. The SMILES string of the molecule is CC1CCC(Cc2cnoc2)(C(=O)O)CC1. The highest BCUT2D eigenvalue weighted by Crippen LogP contribution is 2.41. The van der Waals surface area contributed by atoms with Crippen molar-refractivity contribution in [1.29, 1.82) is 0 Å². The topological polar surface area (TPSA) is 63.3 Å². The highest BCUT2D eigenvalue weighted by molar-refractivity contribution is 5.75. The Bertz CT molecular complexity index is 350. The lowest BCUT2D eigenvalue weighted by atomic mass is 9.68. The third kappa shape index (κ3) is 2.10. The number of hydrogen-bond acceptors (Lipinski definition) is 3. The minimum absolute atomic E-state index is 0.540. The van der Waals surface area contributed by atoms with Crippen LogP contribution in [0.3, 0.4) is 0 Å². The maximum atomic E-state index is 11.5. The van der Waals surface area contributed by atoms with Crippen LogP contribution in [0.5, 0.6) is 0 Å². The molecule has 0 saturated heterocycles. The summed E-state index contributed by atoms with van der Waals surface area (Å²) < 4.78 is 4.76. The lowest BCUT2D eigenvalue weighted by molar-refractivity contribution is -0.151. The molecular formula is C12H17NO3. The van der Waals surface area contributed by atoms with Crippen LogP contribution in [0.15, 0.2) is 17.0 Å². The quantitative estimate of drug-likeness (QED) is 0.855. The molecule has 1 aliphatic rings. The number of carboxylic acids is 1. The van der Waals surface area contributed by atoms with E-state index in [0.717, 1.165) is 31.2 Å². The minimum Gasteiger partial charge on any atom is -0.481 e. The van der Waals surface area contributed by atoms with Gasteiger partial charge < -0.3 is 9.63 Å². The van der Waals surface area contributed by atoms with Crippen molar-refractivity contribution in [3.63, 3.8) is 0 Å². The van der Waals surface area contributed by atoms with Crippen LogP contribution in [0.1, 0.15) is 38.2 Å². The predicted octanol–water partition coefficient (Wildman–Crippen LogP) is 2.50. The zero-order valence-electron chi connectivity index (χ0n) is 9.48. The fraction of sp³-hybridized carbons (Fsp3) is 0.667. The van der Waals surface area contributed by atoms with Crippen molar-refractivity contribution < 1.29 is 14.4 Å². The number of aliphatic carboxylic acids is 1. The average Bonchev–Trinajstić information content (AvgIpc) is 2.74. The highest BCUT2D eigenvalue weighted by Gasteiger charge is 2.41. The number of carboxylic acid groups (broad SMARTS) is 1. The van der Waals surface area contributed by atoms with Crippen molar-refractivity contribution in [2.75, 3.05) is 0 Å². The molecule has 16 heavy (non-hydrogen) atoms. The van der Waals surface area contributed by atoms with E-state index in [0.29, 0.717) is 12.3 Å². The van der Waals surface area contributed by atoms with Crippen molar-refractivity contribution in [3.05, 3.63) is 18.0 Å². The van der Waals surface area contributed by atoms with Crippen molar-refractivity contribution in [2.45, 2.75) is 39.0 Å². The van der Waals surface area contributed by atoms with E-state index in [2.05, 4.69) is 12.1 Å². The first kappa shape index (κ1) is 11.2. The van der Waals surface area contributed by atoms with Gasteiger partial charge in [-0.3, -0.25) is 4.79 Å². The zero-order chi connectivity index (χ0) is 11.6. The molecule has 0 atom stereocenters. The summed E-state index contributed by atoms with van der Waals surface area (Å²) in [5.41, 5.74) is 0.287. The molecule has 4 heteroatoms. The van der Waals surface area contributed by atoms with Gasteiger partial charge in [0.05, 0.1) is 11.6 Å². The van der Waals surface area contributed by atoms with Crippen LogP contribution in [0.4, 0.5) is 0 Å². The van der Waals surface area contributed by atoms with Crippen LogP contribution in [0.25, 0.3) is 0 Å². The summed E-state index contributed by atoms with van der Waals surface area (Å²) in [6, 6.07) is 0. The smallest absolute Gasteiger partial charge is 0.309 e. The summed E-state index contributed by atoms with van der Waals surface area (Å²) in [5.74, 6) is -0.0319. The second-order valence-corrected chi connectivity index (χ2v) is 4.98. The van der Waals surface area contributed by atoms with Crippen molar-refractivity contribution in [1.82, 2.24) is 5.16 Å². The first-order valence-electron chi connectivity index (χ1n) is 5.74. The van der Waals surface area contributed by atoms with Crippen LogP contribution >= 0.6 is 0 Å². The zero-order valence-corrected chi connectivity index (χ0v) is 9.48. The predicted molar refractivity (Wildman–Crippen MR) is 57.9 cm³/mol. The third-order valence-corrected chi connectivity index (χ3v) is 3.71. The highest BCUT2D eigenvalue weighted by atomic mass is 16.5. The number of aromatic nitrogens is 1. The molecule has 88 valence electrons. The summed E-state index contributed by atoms with van der Waals surface area (Å²) in [6.07, 6.45) is 7.21. The third-order valence-electron chi connectivity index (χ3n) is 3.71. The average molecular weight is 223 g/mol. The lowest BCUT2D eigenvalue weighted by Crippen LogP contribution is -2.37. The first-order valence-corrected chi connectivity index (χ1v) is 5.74. The van der Waals surface area contributed by atoms with Gasteiger partial charge in [-0.25, -0.2) is 0 Å². The van der Waals surface area contributed by atoms with Gasteiger partial charge in [0, 0.05) is 5.56 Å². The molecule has 0 bridgehead atoms. The number of nitrogens with zero attached hydrogens (tertiary/aromatic N) is 1. The van der Waals surface area contributed by atoms with Gasteiger partial charge in [-0.2, -0.15) is 0 Å². The fourth-order valence-corrected chi connectivity index (χ4v) is 2.49. The molecule has 1 heterocycles. The molecule has 0 radical (unpaired) electrons. The summed E-state index contributed by atoms with van der Waals surface area (Å²) in [5, 5.41) is 13.0. The minimum atomic E-state index is -0.680. The van der Waals surface area contributed by atoms with Gasteiger partial charge in [-0.05, 0) is 38.0 Å². The molecule has 1 aromatic rings. The molecule has 1 saturated carbocycles. The Morgan fingerprint density at radius 1 is 1.62 bits per heavy atom. The number of rotatable bonds is 3. The maximum Gasteiger partial charge on any atom is 0.309 e. The maximum absolute atomic E-state index is 11.5. The lowest BCUT2D eigenvalue weighted by Gasteiger charge is -2.35. The van der Waals surface area contributed by atoms with Gasteiger partial charge in [0.2, 0.25) is 0 Å². The van der Waals surface area contributed by atoms with Crippen LogP contribution in [-0.2, 0) is 11.2 Å². The molecule has 2 rings (SSSR count). The molecule has 1 fully saturated rings. The van der Waals surface area contributed by atoms with Crippen molar-refractivity contribution in [3.8, 4) is 0 Å². The monoisotopic (exact) mass is 223 g/mol. The van der Waals surface area contributed by atoms with E-state index in [4.69, 9.17) is 4.52 Å². The van der Waals surface area contributed by atoms with E-state index in [9.17, 15) is 9.90 Å². The molecule has 0 unspecified atom stereocenters. The Balaban J connectivity index is 2.13. The molecule has 0 aliphatic heterocycles. The van der Waals surface area contributed by atoms with Crippen LogP contribution in [0.2, 0.25) is 0 Å². The normalized spacial score (nSPS) is 30.2. The van der Waals surface area contributed by atoms with Crippen LogP contribution in [0, 0.1) is 11.3 Å². The van der Waals surface area contributed by atoms with Gasteiger partial charge in [0.1, 0.15) is 6.26 Å². The second kappa shape index (κ2) is 4.28. The van der Waals surface area contributed by atoms with Gasteiger partial charge in [-0.1, -0.05) is 12.1 Å². The molecule has 1 aromatic heterocycles. The summed E-state index contributed by atoms with van der Waals surface area (Å²) >= 11 is 0. The molecular weight excluding hydrogens is 206 g/mol. The van der Waals surface area contributed by atoms with Gasteiger partial charge in [0.15, 0.2) is 0 Å². The molecule has 0 amide bonds. The summed E-state index contributed by atoms with van der Waals surface area (Å²) in [6.45, 7) is 2.19. The number of carbonyl (C=O) groups is 1. The standard InChI is InChI=1S/C12H17NO3/c1-9-2-4-12(5-3-9,11(14)15)6-10-7-13-16-8-10/h7-9H,2-6H2,1H3,(H,14,15). The Labute approximate surface area is 94.6 Å². The molecule has 1 aliphatic carbocycles. The van der Waals surface area contributed by atoms with E-state index in [-0.39, 0.29) is 0 Å². The second-order valence-electron chi connectivity index (χ2n) is 4.98. The number of hydrogen-bond donors (Lipinski definition) is 1. The van der Waals surface area contributed by atoms with E-state index in [1.165, 1.54) is 0 Å². The van der Waals surface area contributed by atoms with E-state index in [1.54, 1.807) is 12.5 Å². The van der Waals surface area contributed by atoms with Gasteiger partial charge in [0.25, 0.3) is 0 Å². The van der Waals surface area contributed by atoms with Gasteiger partial charge >= 0.3 is 5.97 Å². The Morgan fingerprint density at radius 2 is 2.31 bits per heavy atom. The Kier molecular flexibility index (Phi) is 2.99. The molecule has 0 aromatic carbocycles. The van der Waals surface area contributed by atoms with Crippen LogP contribution < -0.4 is 0 Å².